The maximum atomic E-state index is 5.62. The molecule has 1 aliphatic heterocycles. The molecule has 0 aliphatic carbocycles. The van der Waals surface area contributed by atoms with Crippen molar-refractivity contribution in [2.75, 3.05) is 11.4 Å². The van der Waals surface area contributed by atoms with Crippen molar-refractivity contribution in [3.8, 4) is 28.1 Å². The van der Waals surface area contributed by atoms with Gasteiger partial charge in [0.2, 0.25) is 0 Å². The predicted octanol–water partition coefficient (Wildman–Crippen LogP) is 13.5. The summed E-state index contributed by atoms with van der Waals surface area (Å²) in [6.07, 6.45) is -0.0317. The van der Waals surface area contributed by atoms with Gasteiger partial charge in [-0.3, -0.25) is 0 Å². The van der Waals surface area contributed by atoms with Gasteiger partial charge in [-0.1, -0.05) is 146 Å². The van der Waals surface area contributed by atoms with Gasteiger partial charge < -0.3 is 14.8 Å². The molecular weight excluding hydrogens is 657 g/mol. The standard InChI is InChI=1S/C50H35N4/c1-2-53-46-24-10-7-21-43(46)51-50(53)34-27-25-33(26-28-34)38-19-12-20-41-47-37-16-4-3-13-32(37)29-30-42(47)48(52-49(38)41)35-14-11-15-36(31-35)54-44-22-8-5-17-39(44)40-18-6-9-23-45(40)54/h3-31,50H,2H2,1H3/q-1. The van der Waals surface area contributed by atoms with Gasteiger partial charge in [-0.2, -0.15) is 0 Å². The molecule has 0 amide bonds. The van der Waals surface area contributed by atoms with E-state index in [1.165, 1.54) is 49.2 Å². The summed E-state index contributed by atoms with van der Waals surface area (Å²) < 4.78 is 2.38. The quantitative estimate of drug-likeness (QED) is 0.168. The molecule has 4 nitrogen and oxygen atoms in total. The Morgan fingerprint density at radius 3 is 2.04 bits per heavy atom. The summed E-state index contributed by atoms with van der Waals surface area (Å²) in [6, 6.07) is 63.5. The smallest absolute Gasteiger partial charge is 0.0794 e. The summed E-state index contributed by atoms with van der Waals surface area (Å²) in [5.74, 6) is 0. The van der Waals surface area contributed by atoms with E-state index in [1.807, 2.05) is 0 Å². The lowest BCUT2D eigenvalue weighted by Crippen LogP contribution is -2.23. The third kappa shape index (κ3) is 4.60. The van der Waals surface area contributed by atoms with E-state index in [4.69, 9.17) is 10.3 Å². The Bertz CT molecular complexity index is 3030. The molecule has 0 fully saturated rings. The first-order valence-corrected chi connectivity index (χ1v) is 18.8. The van der Waals surface area contributed by atoms with Crippen molar-refractivity contribution in [2.24, 2.45) is 0 Å². The second-order valence-electron chi connectivity index (χ2n) is 14.2. The maximum absolute atomic E-state index is 5.62. The summed E-state index contributed by atoms with van der Waals surface area (Å²) in [5, 5.41) is 13.6. The molecular formula is C50H35N4-. The molecule has 0 radical (unpaired) electrons. The zero-order chi connectivity index (χ0) is 35.8. The van der Waals surface area contributed by atoms with Crippen molar-refractivity contribution < 1.29 is 0 Å². The van der Waals surface area contributed by atoms with Gasteiger partial charge in [0, 0.05) is 56.0 Å². The number of pyridine rings is 1. The largest absolute Gasteiger partial charge is 0.660 e. The van der Waals surface area contributed by atoms with Crippen LogP contribution in [0.25, 0.3) is 87.6 Å². The highest BCUT2D eigenvalue weighted by molar-refractivity contribution is 6.24. The Morgan fingerprint density at radius 2 is 1.24 bits per heavy atom. The normalized spacial score (nSPS) is 14.0. The number of nitrogens with zero attached hydrogens (tertiary/aromatic N) is 4. The fourth-order valence-corrected chi connectivity index (χ4v) is 8.82. The lowest BCUT2D eigenvalue weighted by molar-refractivity contribution is 0.758. The number of anilines is 1. The highest BCUT2D eigenvalue weighted by Crippen LogP contribution is 2.50. The number of hydrogen-bond donors (Lipinski definition) is 0. The molecule has 8 aromatic carbocycles. The van der Waals surface area contributed by atoms with Gasteiger partial charge in [0.15, 0.2) is 0 Å². The summed E-state index contributed by atoms with van der Waals surface area (Å²) >= 11 is 0. The molecule has 1 aliphatic rings. The molecule has 1 atom stereocenters. The Balaban J connectivity index is 1.11. The van der Waals surface area contributed by atoms with Crippen LogP contribution >= 0.6 is 0 Å². The Labute approximate surface area is 313 Å². The zero-order valence-electron chi connectivity index (χ0n) is 29.8. The third-order valence-electron chi connectivity index (χ3n) is 11.3. The van der Waals surface area contributed by atoms with E-state index >= 15 is 0 Å². The number of hydrogen-bond acceptors (Lipinski definition) is 2. The van der Waals surface area contributed by atoms with E-state index in [1.54, 1.807) is 0 Å². The molecule has 2 aromatic heterocycles. The van der Waals surface area contributed by atoms with Crippen molar-refractivity contribution in [1.82, 2.24) is 9.55 Å². The highest BCUT2D eigenvalue weighted by atomic mass is 15.3. The molecule has 54 heavy (non-hydrogen) atoms. The number of para-hydroxylation sites is 5. The Kier molecular flexibility index (Phi) is 6.86. The number of benzene rings is 8. The maximum Gasteiger partial charge on any atom is 0.0794 e. The predicted molar refractivity (Wildman–Crippen MR) is 227 cm³/mol. The van der Waals surface area contributed by atoms with Crippen LogP contribution in [-0.4, -0.2) is 16.1 Å². The van der Waals surface area contributed by atoms with Crippen LogP contribution in [0.15, 0.2) is 176 Å². The van der Waals surface area contributed by atoms with E-state index in [-0.39, 0.29) is 6.17 Å². The van der Waals surface area contributed by atoms with Crippen LogP contribution in [-0.2, 0) is 0 Å². The summed E-state index contributed by atoms with van der Waals surface area (Å²) in [7, 11) is 0. The van der Waals surface area contributed by atoms with Crippen LogP contribution in [0.3, 0.4) is 0 Å². The van der Waals surface area contributed by atoms with Crippen molar-refractivity contribution in [1.29, 1.82) is 0 Å². The number of fused-ring (bicyclic) bond motifs is 9. The number of aromatic nitrogens is 2. The van der Waals surface area contributed by atoms with Crippen LogP contribution in [0.5, 0.6) is 0 Å². The molecule has 0 N–H and O–H groups in total. The van der Waals surface area contributed by atoms with Gasteiger partial charge in [-0.05, 0) is 65.3 Å². The minimum Gasteiger partial charge on any atom is -0.660 e. The van der Waals surface area contributed by atoms with Crippen LogP contribution in [0.1, 0.15) is 18.7 Å². The van der Waals surface area contributed by atoms with E-state index in [0.29, 0.717) is 0 Å². The zero-order valence-corrected chi connectivity index (χ0v) is 29.8. The van der Waals surface area contributed by atoms with Gasteiger partial charge >= 0.3 is 0 Å². The molecule has 1 unspecified atom stereocenters. The molecule has 0 spiro atoms. The van der Waals surface area contributed by atoms with Gasteiger partial charge in [0.25, 0.3) is 0 Å². The van der Waals surface area contributed by atoms with Gasteiger partial charge in [0.1, 0.15) is 0 Å². The first-order chi connectivity index (χ1) is 26.7. The van der Waals surface area contributed by atoms with Crippen molar-refractivity contribution >= 4 is 65.6 Å². The van der Waals surface area contributed by atoms with Gasteiger partial charge in [0.05, 0.1) is 22.2 Å². The van der Waals surface area contributed by atoms with Crippen LogP contribution in [0.2, 0.25) is 0 Å². The van der Waals surface area contributed by atoms with Crippen molar-refractivity contribution in [2.45, 2.75) is 13.1 Å². The first kappa shape index (κ1) is 30.7. The van der Waals surface area contributed by atoms with Crippen LogP contribution in [0, 0.1) is 0 Å². The monoisotopic (exact) mass is 691 g/mol. The van der Waals surface area contributed by atoms with E-state index < -0.39 is 0 Å². The lowest BCUT2D eigenvalue weighted by atomic mass is 9.92. The van der Waals surface area contributed by atoms with Gasteiger partial charge in [-0.25, -0.2) is 4.98 Å². The minimum absolute atomic E-state index is 0.0317. The van der Waals surface area contributed by atoms with E-state index in [0.717, 1.165) is 56.6 Å². The second kappa shape index (κ2) is 12.1. The lowest BCUT2D eigenvalue weighted by Gasteiger charge is -2.34. The molecule has 4 heteroatoms. The van der Waals surface area contributed by atoms with Gasteiger partial charge in [-0.15, -0.1) is 5.69 Å². The average molecular weight is 692 g/mol. The second-order valence-corrected chi connectivity index (χ2v) is 14.2. The summed E-state index contributed by atoms with van der Waals surface area (Å²) in [4.78, 5) is 8.00. The summed E-state index contributed by atoms with van der Waals surface area (Å²) in [6.45, 7) is 3.09. The molecule has 3 heterocycles. The molecule has 10 aromatic rings. The summed E-state index contributed by atoms with van der Waals surface area (Å²) in [5.41, 5.74) is 12.3. The fourth-order valence-electron chi connectivity index (χ4n) is 8.82. The molecule has 0 saturated carbocycles. The SMILES string of the molecule is CCN1c2ccccc2[N-]C1c1ccc(-c2cccc3c2nc(-c2cccc(-n4c5ccccc5c5ccccc54)c2)c2ccc4ccccc4c23)cc1. The average Bonchev–Trinajstić information content (AvgIpc) is 3.79. The van der Waals surface area contributed by atoms with E-state index in [2.05, 4.69) is 192 Å². The van der Waals surface area contributed by atoms with Crippen LogP contribution in [0.4, 0.5) is 11.4 Å². The van der Waals surface area contributed by atoms with Crippen LogP contribution < -0.4 is 4.90 Å². The first-order valence-electron chi connectivity index (χ1n) is 18.8. The third-order valence-corrected chi connectivity index (χ3v) is 11.3. The Hall–Kier alpha value is -6.91. The molecule has 256 valence electrons. The van der Waals surface area contributed by atoms with Crippen molar-refractivity contribution in [3.05, 3.63) is 187 Å². The number of rotatable bonds is 5. The van der Waals surface area contributed by atoms with Crippen molar-refractivity contribution in [3.63, 3.8) is 0 Å². The van der Waals surface area contributed by atoms with E-state index in [9.17, 15) is 0 Å². The molecule has 0 bridgehead atoms. The highest BCUT2D eigenvalue weighted by Gasteiger charge is 2.21. The Morgan fingerprint density at radius 1 is 0.556 bits per heavy atom. The fraction of sp³-hybridized carbons (Fsp3) is 0.0600. The topological polar surface area (TPSA) is 35.2 Å². The minimum atomic E-state index is -0.0317. The molecule has 11 rings (SSSR count). The molecule has 0 saturated heterocycles.